The molecule has 0 spiro atoms. The molecular weight excluding hydrogens is 172 g/mol. The maximum atomic E-state index is 2.24. The Hall–Kier alpha value is -1.34. The first kappa shape index (κ1) is 7.10. The largest absolute Gasteiger partial charge is 0.154 e. The molecule has 3 aliphatic rings. The van der Waals surface area contributed by atoms with Gasteiger partial charge in [0, 0.05) is 0 Å². The van der Waals surface area contributed by atoms with Crippen LogP contribution in [-0.4, -0.2) is 8.80 Å². The van der Waals surface area contributed by atoms with Gasteiger partial charge in [-0.2, -0.15) is 0 Å². The van der Waals surface area contributed by atoms with E-state index in [1.54, 1.807) is 0 Å². The monoisotopic (exact) mass is 181 g/mol. The van der Waals surface area contributed by atoms with Crippen LogP contribution in [0.15, 0.2) is 70.3 Å². The van der Waals surface area contributed by atoms with E-state index in [4.69, 9.17) is 0 Å². The summed E-state index contributed by atoms with van der Waals surface area (Å²) >= 11 is 0. The zero-order chi connectivity index (χ0) is 8.67. The molecule has 0 aromatic rings. The van der Waals surface area contributed by atoms with Crippen LogP contribution < -0.4 is 0 Å². The van der Waals surface area contributed by atoms with Crippen molar-refractivity contribution < 1.29 is 0 Å². The molecule has 0 N–H and O–H groups in total. The van der Waals surface area contributed by atoms with Crippen LogP contribution in [0.2, 0.25) is 0 Å². The summed E-state index contributed by atoms with van der Waals surface area (Å²) in [6.45, 7) is 0. The van der Waals surface area contributed by atoms with Crippen LogP contribution in [-0.2, 0) is 0 Å². The van der Waals surface area contributed by atoms with E-state index in [1.807, 2.05) is 0 Å². The molecular formula is C12H9Si. The molecule has 0 saturated heterocycles. The highest BCUT2D eigenvalue weighted by Crippen LogP contribution is 2.30. The molecule has 1 radical (unpaired) electrons. The molecule has 1 heteroatoms. The first-order chi connectivity index (χ1) is 6.45. The van der Waals surface area contributed by atoms with Crippen LogP contribution in [0.5, 0.6) is 0 Å². The molecule has 0 bridgehead atoms. The van der Waals surface area contributed by atoms with E-state index in [1.165, 1.54) is 15.6 Å². The Balaban J connectivity index is 2.23. The molecule has 3 heterocycles. The Morgan fingerprint density at radius 2 is 1.00 bits per heavy atom. The summed E-state index contributed by atoms with van der Waals surface area (Å²) in [5.74, 6) is 0. The molecule has 0 saturated carbocycles. The molecule has 0 unspecified atom stereocenters. The van der Waals surface area contributed by atoms with Gasteiger partial charge >= 0.3 is 0 Å². The number of rotatable bonds is 0. The minimum Gasteiger partial charge on any atom is -0.0625 e. The Morgan fingerprint density at radius 1 is 0.615 bits per heavy atom. The van der Waals surface area contributed by atoms with Crippen molar-refractivity contribution in [3.05, 3.63) is 70.3 Å². The van der Waals surface area contributed by atoms with Crippen molar-refractivity contribution in [2.45, 2.75) is 0 Å². The van der Waals surface area contributed by atoms with Crippen LogP contribution in [0, 0.1) is 0 Å². The summed E-state index contributed by atoms with van der Waals surface area (Å²) in [6, 6.07) is 0. The predicted molar refractivity (Wildman–Crippen MR) is 57.4 cm³/mol. The van der Waals surface area contributed by atoms with Crippen molar-refractivity contribution in [3.8, 4) is 0 Å². The van der Waals surface area contributed by atoms with E-state index in [-0.39, 0.29) is 0 Å². The standard InChI is InChI=1S/C12H9Si/c1-4-10-6-2-8-12-9-3-7-11(5-1)13(10)12/h1-9H. The predicted octanol–water partition coefficient (Wildman–Crippen LogP) is 2.59. The van der Waals surface area contributed by atoms with E-state index >= 15 is 0 Å². The van der Waals surface area contributed by atoms with Gasteiger partial charge < -0.3 is 0 Å². The lowest BCUT2D eigenvalue weighted by atomic mass is 10.3. The first-order valence-corrected chi connectivity index (χ1v) is 5.98. The van der Waals surface area contributed by atoms with Crippen LogP contribution in [0.4, 0.5) is 0 Å². The van der Waals surface area contributed by atoms with E-state index < -0.39 is 8.80 Å². The zero-order valence-electron chi connectivity index (χ0n) is 7.20. The Labute approximate surface area is 79.6 Å². The van der Waals surface area contributed by atoms with Crippen molar-refractivity contribution in [1.82, 2.24) is 0 Å². The molecule has 3 rings (SSSR count). The van der Waals surface area contributed by atoms with Crippen molar-refractivity contribution in [3.63, 3.8) is 0 Å². The SMILES string of the molecule is C1=CC2=CC=CC3=CC=CC(=C1)[Si]23. The van der Waals surface area contributed by atoms with Crippen LogP contribution in [0.25, 0.3) is 0 Å². The fourth-order valence-corrected chi connectivity index (χ4v) is 4.51. The maximum absolute atomic E-state index is 2.24. The van der Waals surface area contributed by atoms with Gasteiger partial charge in [-0.25, -0.2) is 0 Å². The lowest BCUT2D eigenvalue weighted by Crippen LogP contribution is -2.26. The average Bonchev–Trinajstić information content (AvgIpc) is 2.19. The van der Waals surface area contributed by atoms with Gasteiger partial charge in [0.25, 0.3) is 0 Å². The minimum absolute atomic E-state index is 0.547. The summed E-state index contributed by atoms with van der Waals surface area (Å²) in [5, 5.41) is 4.54. The van der Waals surface area contributed by atoms with E-state index in [9.17, 15) is 0 Å². The summed E-state index contributed by atoms with van der Waals surface area (Å²) in [7, 11) is -0.547. The van der Waals surface area contributed by atoms with Gasteiger partial charge in [0.15, 0.2) is 8.80 Å². The van der Waals surface area contributed by atoms with Crippen LogP contribution in [0.1, 0.15) is 0 Å². The summed E-state index contributed by atoms with van der Waals surface area (Å²) in [5.41, 5.74) is 0. The van der Waals surface area contributed by atoms with Gasteiger partial charge in [-0.05, 0) is 0 Å². The van der Waals surface area contributed by atoms with Crippen molar-refractivity contribution >= 4 is 8.80 Å². The molecule has 13 heavy (non-hydrogen) atoms. The average molecular weight is 181 g/mol. The molecule has 0 fully saturated rings. The smallest absolute Gasteiger partial charge is 0.0625 e. The van der Waals surface area contributed by atoms with E-state index in [0.717, 1.165) is 0 Å². The van der Waals surface area contributed by atoms with Gasteiger partial charge in [-0.15, -0.1) is 0 Å². The second-order valence-corrected chi connectivity index (χ2v) is 5.80. The first-order valence-electron chi connectivity index (χ1n) is 4.48. The Bertz CT molecular complexity index is 361. The van der Waals surface area contributed by atoms with Gasteiger partial charge in [0.1, 0.15) is 0 Å². The summed E-state index contributed by atoms with van der Waals surface area (Å²) in [6.07, 6.45) is 19.9. The lowest BCUT2D eigenvalue weighted by Gasteiger charge is -2.25. The molecule has 61 valence electrons. The molecule has 3 aliphatic heterocycles. The minimum atomic E-state index is -0.547. The molecule has 0 aromatic carbocycles. The number of hydrogen-bond donors (Lipinski definition) is 0. The quantitative estimate of drug-likeness (QED) is 0.504. The second-order valence-electron chi connectivity index (χ2n) is 3.32. The third-order valence-corrected chi connectivity index (χ3v) is 5.25. The van der Waals surface area contributed by atoms with Gasteiger partial charge in [-0.1, -0.05) is 70.3 Å². The highest BCUT2D eigenvalue weighted by molar-refractivity contribution is 6.83. The fraction of sp³-hybridized carbons (Fsp3) is 0. The zero-order valence-corrected chi connectivity index (χ0v) is 8.20. The molecule has 0 atom stereocenters. The lowest BCUT2D eigenvalue weighted by molar-refractivity contribution is 1.57. The summed E-state index contributed by atoms with van der Waals surface area (Å²) < 4.78 is 0. The Morgan fingerprint density at radius 3 is 1.38 bits per heavy atom. The van der Waals surface area contributed by atoms with Gasteiger partial charge in [-0.3, -0.25) is 0 Å². The fourth-order valence-electron chi connectivity index (χ4n) is 1.93. The maximum Gasteiger partial charge on any atom is 0.154 e. The third-order valence-electron chi connectivity index (χ3n) is 2.52. The molecule has 0 aromatic heterocycles. The molecule has 0 aliphatic carbocycles. The Kier molecular flexibility index (Phi) is 1.40. The van der Waals surface area contributed by atoms with Crippen molar-refractivity contribution in [2.24, 2.45) is 0 Å². The molecule has 0 nitrogen and oxygen atoms in total. The second kappa shape index (κ2) is 2.57. The van der Waals surface area contributed by atoms with Crippen molar-refractivity contribution in [2.75, 3.05) is 0 Å². The highest BCUT2D eigenvalue weighted by Gasteiger charge is 2.26. The van der Waals surface area contributed by atoms with Crippen LogP contribution >= 0.6 is 0 Å². The molecule has 0 amide bonds. The highest BCUT2D eigenvalue weighted by atomic mass is 28.3. The van der Waals surface area contributed by atoms with E-state index in [0.29, 0.717) is 0 Å². The van der Waals surface area contributed by atoms with E-state index in [2.05, 4.69) is 54.7 Å². The normalized spacial score (nSPS) is 23.5. The van der Waals surface area contributed by atoms with Gasteiger partial charge in [0.05, 0.1) is 0 Å². The number of hydrogen-bond acceptors (Lipinski definition) is 0. The third kappa shape index (κ3) is 0.973. The van der Waals surface area contributed by atoms with Crippen LogP contribution in [0.3, 0.4) is 0 Å². The number of allylic oxidation sites excluding steroid dienone is 12. The summed E-state index contributed by atoms with van der Waals surface area (Å²) in [4.78, 5) is 0. The van der Waals surface area contributed by atoms with Gasteiger partial charge in [0.2, 0.25) is 0 Å². The topological polar surface area (TPSA) is 0 Å². The van der Waals surface area contributed by atoms with Crippen molar-refractivity contribution in [1.29, 1.82) is 0 Å².